The van der Waals surface area contributed by atoms with Crippen LogP contribution in [0.3, 0.4) is 0 Å². The van der Waals surface area contributed by atoms with Crippen LogP contribution in [0.1, 0.15) is 18.4 Å². The van der Waals surface area contributed by atoms with Crippen LogP contribution < -0.4 is 5.32 Å². The summed E-state index contributed by atoms with van der Waals surface area (Å²) >= 11 is 0. The van der Waals surface area contributed by atoms with Crippen molar-refractivity contribution in [2.24, 2.45) is 0 Å². The molecule has 1 aliphatic rings. The molecule has 0 unspecified atom stereocenters. The Kier molecular flexibility index (Phi) is 5.27. The molecule has 1 aliphatic heterocycles. The van der Waals surface area contributed by atoms with Crippen LogP contribution in [-0.4, -0.2) is 43.0 Å². The van der Waals surface area contributed by atoms with E-state index in [0.717, 1.165) is 0 Å². The van der Waals surface area contributed by atoms with E-state index < -0.39 is 0 Å². The summed E-state index contributed by atoms with van der Waals surface area (Å²) in [7, 11) is 0. The molecule has 0 aromatic heterocycles. The van der Waals surface area contributed by atoms with Crippen LogP contribution in [-0.2, 0) is 14.3 Å². The molecule has 1 aromatic rings. The van der Waals surface area contributed by atoms with Gasteiger partial charge in [-0.1, -0.05) is 0 Å². The van der Waals surface area contributed by atoms with Crippen LogP contribution in [0.4, 0.5) is 10.1 Å². The number of hydrogen-bond donors (Lipinski definition) is 1. The van der Waals surface area contributed by atoms with Crippen molar-refractivity contribution >= 4 is 17.5 Å². The Morgan fingerprint density at radius 2 is 2.00 bits per heavy atom. The molecule has 0 saturated carbocycles. The van der Waals surface area contributed by atoms with Crippen molar-refractivity contribution in [1.82, 2.24) is 4.90 Å². The minimum atomic E-state index is -0.340. The maximum atomic E-state index is 13.0. The standard InChI is InChI=1S/C15H19FN2O3/c1-11-10-12(16)2-3-13(11)17-14(19)4-5-15(20)18-6-8-21-9-7-18/h2-3,10H,4-9H2,1H3,(H,17,19). The maximum Gasteiger partial charge on any atom is 0.224 e. The van der Waals surface area contributed by atoms with E-state index in [1.165, 1.54) is 18.2 Å². The third kappa shape index (κ3) is 4.53. The van der Waals surface area contributed by atoms with Crippen molar-refractivity contribution in [2.45, 2.75) is 19.8 Å². The molecule has 2 rings (SSSR count). The number of aryl methyl sites for hydroxylation is 1. The summed E-state index contributed by atoms with van der Waals surface area (Å²) in [5.41, 5.74) is 1.23. The number of ether oxygens (including phenoxy) is 1. The lowest BCUT2D eigenvalue weighted by Crippen LogP contribution is -2.40. The van der Waals surface area contributed by atoms with Gasteiger partial charge in [-0.05, 0) is 30.7 Å². The van der Waals surface area contributed by atoms with Crippen LogP contribution in [0.2, 0.25) is 0 Å². The Balaban J connectivity index is 1.80. The van der Waals surface area contributed by atoms with E-state index in [2.05, 4.69) is 5.32 Å². The SMILES string of the molecule is Cc1cc(F)ccc1NC(=O)CCC(=O)N1CCOCC1. The molecular weight excluding hydrogens is 275 g/mol. The lowest BCUT2D eigenvalue weighted by molar-refractivity contribution is -0.136. The summed E-state index contributed by atoms with van der Waals surface area (Å²) in [5, 5.41) is 2.69. The molecule has 1 saturated heterocycles. The molecule has 1 fully saturated rings. The van der Waals surface area contributed by atoms with Gasteiger partial charge >= 0.3 is 0 Å². The van der Waals surface area contributed by atoms with Gasteiger partial charge in [0.2, 0.25) is 11.8 Å². The summed E-state index contributed by atoms with van der Waals surface area (Å²) in [5.74, 6) is -0.622. The van der Waals surface area contributed by atoms with Gasteiger partial charge in [0.15, 0.2) is 0 Å². The first kappa shape index (κ1) is 15.4. The van der Waals surface area contributed by atoms with Gasteiger partial charge in [-0.3, -0.25) is 9.59 Å². The molecule has 0 aliphatic carbocycles. The number of carbonyl (C=O) groups is 2. The first-order valence-electron chi connectivity index (χ1n) is 6.98. The number of carbonyl (C=O) groups excluding carboxylic acids is 2. The van der Waals surface area contributed by atoms with Gasteiger partial charge in [0.1, 0.15) is 5.82 Å². The second kappa shape index (κ2) is 7.17. The highest BCUT2D eigenvalue weighted by molar-refractivity contribution is 5.93. The fourth-order valence-electron chi connectivity index (χ4n) is 2.17. The van der Waals surface area contributed by atoms with Crippen molar-refractivity contribution < 1.29 is 18.7 Å². The lowest BCUT2D eigenvalue weighted by Gasteiger charge is -2.26. The molecule has 0 atom stereocenters. The third-order valence-corrected chi connectivity index (χ3v) is 3.39. The molecule has 0 radical (unpaired) electrons. The summed E-state index contributed by atoms with van der Waals surface area (Å²) in [6, 6.07) is 4.17. The zero-order chi connectivity index (χ0) is 15.2. The summed E-state index contributed by atoms with van der Waals surface area (Å²) in [4.78, 5) is 25.5. The molecule has 0 bridgehead atoms. The monoisotopic (exact) mass is 294 g/mol. The molecule has 21 heavy (non-hydrogen) atoms. The highest BCUT2D eigenvalue weighted by Crippen LogP contribution is 2.16. The minimum Gasteiger partial charge on any atom is -0.378 e. The number of benzene rings is 1. The normalized spacial score (nSPS) is 14.9. The number of nitrogens with one attached hydrogen (secondary N) is 1. The van der Waals surface area contributed by atoms with Crippen LogP contribution >= 0.6 is 0 Å². The first-order valence-corrected chi connectivity index (χ1v) is 6.98. The second-order valence-electron chi connectivity index (χ2n) is 5.00. The van der Waals surface area contributed by atoms with Gasteiger partial charge in [-0.25, -0.2) is 4.39 Å². The molecule has 2 amide bonds. The Hall–Kier alpha value is -1.95. The van der Waals surface area contributed by atoms with Crippen LogP contribution in [0.15, 0.2) is 18.2 Å². The molecule has 1 aromatic carbocycles. The van der Waals surface area contributed by atoms with Crippen molar-refractivity contribution in [2.75, 3.05) is 31.6 Å². The number of morpholine rings is 1. The summed E-state index contributed by atoms with van der Waals surface area (Å²) < 4.78 is 18.1. The van der Waals surface area contributed by atoms with Gasteiger partial charge in [0, 0.05) is 31.6 Å². The molecule has 0 spiro atoms. The van der Waals surface area contributed by atoms with Gasteiger partial charge in [-0.2, -0.15) is 0 Å². The number of anilines is 1. The van der Waals surface area contributed by atoms with E-state index in [1.807, 2.05) is 0 Å². The Labute approximate surface area is 123 Å². The van der Waals surface area contributed by atoms with Crippen molar-refractivity contribution in [1.29, 1.82) is 0 Å². The highest BCUT2D eigenvalue weighted by atomic mass is 19.1. The predicted octanol–water partition coefficient (Wildman–Crippen LogP) is 1.71. The van der Waals surface area contributed by atoms with E-state index in [-0.39, 0.29) is 30.5 Å². The van der Waals surface area contributed by atoms with Crippen LogP contribution in [0, 0.1) is 12.7 Å². The van der Waals surface area contributed by atoms with Gasteiger partial charge in [0.05, 0.1) is 13.2 Å². The number of rotatable bonds is 4. The first-order chi connectivity index (χ1) is 10.1. The van der Waals surface area contributed by atoms with E-state index in [9.17, 15) is 14.0 Å². The average molecular weight is 294 g/mol. The molecule has 5 nitrogen and oxygen atoms in total. The van der Waals surface area contributed by atoms with E-state index >= 15 is 0 Å². The fraction of sp³-hybridized carbons (Fsp3) is 0.467. The second-order valence-corrected chi connectivity index (χ2v) is 5.00. The average Bonchev–Trinajstić information content (AvgIpc) is 2.48. The maximum absolute atomic E-state index is 13.0. The molecule has 1 heterocycles. The zero-order valence-electron chi connectivity index (χ0n) is 12.0. The Bertz CT molecular complexity index is 528. The van der Waals surface area contributed by atoms with E-state index in [0.29, 0.717) is 37.6 Å². The number of hydrogen-bond acceptors (Lipinski definition) is 3. The summed E-state index contributed by atoms with van der Waals surface area (Å²) in [6.07, 6.45) is 0.291. The molecule has 6 heteroatoms. The smallest absolute Gasteiger partial charge is 0.224 e. The topological polar surface area (TPSA) is 58.6 Å². The number of nitrogens with zero attached hydrogens (tertiary/aromatic N) is 1. The minimum absolute atomic E-state index is 0.0377. The lowest BCUT2D eigenvalue weighted by atomic mass is 10.2. The quantitative estimate of drug-likeness (QED) is 0.919. The van der Waals surface area contributed by atoms with Gasteiger partial charge < -0.3 is 15.0 Å². The van der Waals surface area contributed by atoms with Crippen LogP contribution in [0.5, 0.6) is 0 Å². The van der Waals surface area contributed by atoms with E-state index in [1.54, 1.807) is 11.8 Å². The fourth-order valence-corrected chi connectivity index (χ4v) is 2.17. The number of halogens is 1. The Morgan fingerprint density at radius 3 is 2.67 bits per heavy atom. The molecule has 1 N–H and O–H groups in total. The largest absolute Gasteiger partial charge is 0.378 e. The number of amides is 2. The highest BCUT2D eigenvalue weighted by Gasteiger charge is 2.17. The van der Waals surface area contributed by atoms with Crippen molar-refractivity contribution in [3.63, 3.8) is 0 Å². The Morgan fingerprint density at radius 1 is 1.29 bits per heavy atom. The van der Waals surface area contributed by atoms with E-state index in [4.69, 9.17) is 4.74 Å². The summed E-state index contributed by atoms with van der Waals surface area (Å²) in [6.45, 7) is 3.98. The predicted molar refractivity (Wildman–Crippen MR) is 76.4 cm³/mol. The molecule has 114 valence electrons. The third-order valence-electron chi connectivity index (χ3n) is 3.39. The van der Waals surface area contributed by atoms with Gasteiger partial charge in [0.25, 0.3) is 0 Å². The van der Waals surface area contributed by atoms with Crippen molar-refractivity contribution in [3.05, 3.63) is 29.6 Å². The van der Waals surface area contributed by atoms with Gasteiger partial charge in [-0.15, -0.1) is 0 Å². The van der Waals surface area contributed by atoms with Crippen molar-refractivity contribution in [3.8, 4) is 0 Å². The molecular formula is C15H19FN2O3. The zero-order valence-corrected chi connectivity index (χ0v) is 12.0. The van der Waals surface area contributed by atoms with Crippen LogP contribution in [0.25, 0.3) is 0 Å².